The van der Waals surface area contributed by atoms with Gasteiger partial charge in [-0.1, -0.05) is 25.0 Å². The molecular weight excluding hydrogens is 262 g/mol. The third-order valence-corrected chi connectivity index (χ3v) is 6.64. The van der Waals surface area contributed by atoms with Crippen molar-refractivity contribution >= 4 is 0 Å². The van der Waals surface area contributed by atoms with E-state index in [0.29, 0.717) is 12.0 Å². The van der Waals surface area contributed by atoms with Gasteiger partial charge in [-0.25, -0.2) is 0 Å². The number of nitrogens with zero attached hydrogens (tertiary/aromatic N) is 4. The molecule has 5 nitrogen and oxygen atoms in total. The number of nitrogens with one attached hydrogen (secondary N) is 1. The number of aromatic nitrogens is 4. The molecule has 1 aromatic rings. The van der Waals surface area contributed by atoms with Gasteiger partial charge >= 0.3 is 0 Å². The van der Waals surface area contributed by atoms with Crippen molar-refractivity contribution in [2.24, 2.45) is 17.8 Å². The van der Waals surface area contributed by atoms with Crippen molar-refractivity contribution in [2.45, 2.75) is 69.9 Å². The fourth-order valence-electron chi connectivity index (χ4n) is 5.38. The minimum atomic E-state index is 0.492. The molecule has 1 aliphatic carbocycles. The molecule has 0 spiro atoms. The highest BCUT2D eigenvalue weighted by Gasteiger charge is 2.50. The summed E-state index contributed by atoms with van der Waals surface area (Å²) in [7, 11) is 2.30. The molecule has 1 N–H and O–H groups in total. The Kier molecular flexibility index (Phi) is 3.48. The molecular formula is C16H27N5. The Hall–Kier alpha value is -0.970. The van der Waals surface area contributed by atoms with Crippen LogP contribution in [-0.4, -0.2) is 44.7 Å². The first-order chi connectivity index (χ1) is 10.2. The number of fused-ring (bicyclic) bond motifs is 2. The Morgan fingerprint density at radius 3 is 2.62 bits per heavy atom. The normalized spacial score (nSPS) is 44.1. The Balaban J connectivity index is 1.61. The van der Waals surface area contributed by atoms with Gasteiger partial charge in [-0.05, 0) is 56.9 Å². The molecule has 5 heteroatoms. The zero-order valence-corrected chi connectivity index (χ0v) is 13.2. The number of H-pyrrole nitrogens is 1. The second-order valence-corrected chi connectivity index (χ2v) is 7.68. The highest BCUT2D eigenvalue weighted by molar-refractivity contribution is 5.11. The Bertz CT molecular complexity index is 465. The average Bonchev–Trinajstić information content (AvgIpc) is 3.08. The summed E-state index contributed by atoms with van der Waals surface area (Å²) in [6.45, 7) is 2.41. The summed E-state index contributed by atoms with van der Waals surface area (Å²) >= 11 is 0. The molecule has 2 aliphatic heterocycles. The summed E-state index contributed by atoms with van der Waals surface area (Å²) in [6.07, 6.45) is 9.63. The Labute approximate surface area is 126 Å². The number of hydrogen-bond donors (Lipinski definition) is 1. The molecule has 2 bridgehead atoms. The van der Waals surface area contributed by atoms with Gasteiger partial charge in [-0.3, -0.25) is 4.90 Å². The summed E-state index contributed by atoms with van der Waals surface area (Å²) in [5.41, 5.74) is 0. The maximum atomic E-state index is 4.38. The van der Waals surface area contributed by atoms with E-state index in [-0.39, 0.29) is 0 Å². The van der Waals surface area contributed by atoms with Gasteiger partial charge in [-0.15, -0.1) is 10.2 Å². The number of hydrogen-bond acceptors (Lipinski definition) is 4. The highest BCUT2D eigenvalue weighted by atomic mass is 15.5. The van der Waals surface area contributed by atoms with Crippen molar-refractivity contribution in [1.82, 2.24) is 25.5 Å². The first-order valence-corrected chi connectivity index (χ1v) is 8.69. The fraction of sp³-hybridized carbons (Fsp3) is 0.938. The van der Waals surface area contributed by atoms with Crippen molar-refractivity contribution in [3.05, 3.63) is 5.82 Å². The summed E-state index contributed by atoms with van der Waals surface area (Å²) in [4.78, 5) is 2.60. The molecule has 0 radical (unpaired) electrons. The maximum Gasteiger partial charge on any atom is 0.179 e. The number of rotatable bonds is 2. The van der Waals surface area contributed by atoms with E-state index in [0.717, 1.165) is 29.6 Å². The smallest absolute Gasteiger partial charge is 0.179 e. The van der Waals surface area contributed by atoms with Crippen LogP contribution < -0.4 is 0 Å². The minimum Gasteiger partial charge on any atom is -0.300 e. The number of likely N-dealkylation sites (N-methyl/N-ethyl adjacent to an activating group) is 1. The lowest BCUT2D eigenvalue weighted by atomic mass is 9.67. The minimum absolute atomic E-state index is 0.492. The number of aromatic amines is 1. The number of piperidine rings is 1. The number of tetrazole rings is 1. The predicted molar refractivity (Wildman–Crippen MR) is 80.7 cm³/mol. The summed E-state index contributed by atoms with van der Waals surface area (Å²) in [6, 6.07) is 1.42. The lowest BCUT2D eigenvalue weighted by Crippen LogP contribution is -2.48. The van der Waals surface area contributed by atoms with Crippen molar-refractivity contribution in [3.63, 3.8) is 0 Å². The van der Waals surface area contributed by atoms with Crippen LogP contribution in [-0.2, 0) is 0 Å². The predicted octanol–water partition coefficient (Wildman–Crippen LogP) is 2.59. The molecule has 2 saturated heterocycles. The van der Waals surface area contributed by atoms with Crippen LogP contribution in [0.4, 0.5) is 0 Å². The monoisotopic (exact) mass is 289 g/mol. The van der Waals surface area contributed by atoms with Crippen molar-refractivity contribution < 1.29 is 0 Å². The van der Waals surface area contributed by atoms with Crippen LogP contribution in [0.25, 0.3) is 0 Å². The molecule has 3 aliphatic rings. The SMILES string of the molecule is CC1CCC([C@H]2C[C@H]3CCC(C2c2nn[nH]n2)N3C)CC1. The topological polar surface area (TPSA) is 57.7 Å². The zero-order valence-electron chi connectivity index (χ0n) is 13.2. The molecule has 2 unspecified atom stereocenters. The van der Waals surface area contributed by atoms with Crippen molar-refractivity contribution in [1.29, 1.82) is 0 Å². The van der Waals surface area contributed by atoms with Gasteiger partial charge in [0.05, 0.1) is 0 Å². The van der Waals surface area contributed by atoms with Gasteiger partial charge in [0.2, 0.25) is 0 Å². The van der Waals surface area contributed by atoms with Crippen LogP contribution in [0, 0.1) is 17.8 Å². The van der Waals surface area contributed by atoms with E-state index in [4.69, 9.17) is 0 Å². The van der Waals surface area contributed by atoms with E-state index < -0.39 is 0 Å². The summed E-state index contributed by atoms with van der Waals surface area (Å²) < 4.78 is 0. The quantitative estimate of drug-likeness (QED) is 0.909. The molecule has 21 heavy (non-hydrogen) atoms. The summed E-state index contributed by atoms with van der Waals surface area (Å²) in [5, 5.41) is 15.3. The average molecular weight is 289 g/mol. The highest BCUT2D eigenvalue weighted by Crippen LogP contribution is 2.51. The molecule has 1 aromatic heterocycles. The van der Waals surface area contributed by atoms with E-state index in [1.165, 1.54) is 44.9 Å². The Morgan fingerprint density at radius 2 is 1.90 bits per heavy atom. The third-order valence-electron chi connectivity index (χ3n) is 6.64. The molecule has 4 atom stereocenters. The maximum absolute atomic E-state index is 4.38. The van der Waals surface area contributed by atoms with Gasteiger partial charge in [-0.2, -0.15) is 5.21 Å². The van der Waals surface area contributed by atoms with Crippen LogP contribution in [0.5, 0.6) is 0 Å². The van der Waals surface area contributed by atoms with Crippen LogP contribution in [0.1, 0.15) is 63.6 Å². The molecule has 3 fully saturated rings. The second-order valence-electron chi connectivity index (χ2n) is 7.68. The first kappa shape index (κ1) is 13.7. The largest absolute Gasteiger partial charge is 0.300 e. The lowest BCUT2D eigenvalue weighted by Gasteiger charge is -2.46. The van der Waals surface area contributed by atoms with E-state index in [1.807, 2.05) is 0 Å². The molecule has 0 aromatic carbocycles. The molecule has 0 amide bonds. The van der Waals surface area contributed by atoms with Gasteiger partial charge in [0.1, 0.15) is 0 Å². The molecule has 4 rings (SSSR count). The third kappa shape index (κ3) is 2.30. The van der Waals surface area contributed by atoms with Crippen LogP contribution in [0.15, 0.2) is 0 Å². The van der Waals surface area contributed by atoms with Crippen LogP contribution in [0.3, 0.4) is 0 Å². The zero-order chi connectivity index (χ0) is 14.4. The van der Waals surface area contributed by atoms with Crippen LogP contribution >= 0.6 is 0 Å². The van der Waals surface area contributed by atoms with E-state index in [9.17, 15) is 0 Å². The second kappa shape index (κ2) is 5.34. The lowest BCUT2D eigenvalue weighted by molar-refractivity contribution is 0.0546. The fourth-order valence-corrected chi connectivity index (χ4v) is 5.38. The van der Waals surface area contributed by atoms with Gasteiger partial charge in [0.25, 0.3) is 0 Å². The molecule has 116 valence electrons. The van der Waals surface area contributed by atoms with E-state index in [2.05, 4.69) is 39.5 Å². The standard InChI is InChI=1S/C16H27N5/c1-10-3-5-11(6-4-10)13-9-12-7-8-14(21(12)2)15(13)16-17-19-20-18-16/h10-15H,3-9H2,1-2H3,(H,17,18,19,20)/t10?,11?,12-,13-,14?,15?/m1/s1. The van der Waals surface area contributed by atoms with E-state index in [1.54, 1.807) is 0 Å². The molecule has 3 heterocycles. The van der Waals surface area contributed by atoms with Gasteiger partial charge < -0.3 is 0 Å². The van der Waals surface area contributed by atoms with Crippen molar-refractivity contribution in [3.8, 4) is 0 Å². The summed E-state index contributed by atoms with van der Waals surface area (Å²) in [5.74, 6) is 4.03. The van der Waals surface area contributed by atoms with Gasteiger partial charge in [0, 0.05) is 18.0 Å². The van der Waals surface area contributed by atoms with Gasteiger partial charge in [0.15, 0.2) is 5.82 Å². The van der Waals surface area contributed by atoms with Crippen LogP contribution in [0.2, 0.25) is 0 Å². The first-order valence-electron chi connectivity index (χ1n) is 8.69. The molecule has 1 saturated carbocycles. The van der Waals surface area contributed by atoms with E-state index >= 15 is 0 Å². The van der Waals surface area contributed by atoms with Crippen molar-refractivity contribution in [2.75, 3.05) is 7.05 Å². The Morgan fingerprint density at radius 1 is 1.10 bits per heavy atom.